The molecule has 0 radical (unpaired) electrons. The van der Waals surface area contributed by atoms with Crippen LogP contribution >= 0.6 is 0 Å². The quantitative estimate of drug-likeness (QED) is 0.561. The largest absolute Gasteiger partial charge is 0.392 e. The molecule has 0 heterocycles. The first kappa shape index (κ1) is 14.5. The Labute approximate surface area is 95.6 Å². The fourth-order valence-electron chi connectivity index (χ4n) is 1.57. The van der Waals surface area contributed by atoms with Crippen molar-refractivity contribution in [3.63, 3.8) is 0 Å². The van der Waals surface area contributed by atoms with Crippen LogP contribution in [0.5, 0.6) is 0 Å². The predicted octanol–water partition coefficient (Wildman–Crippen LogP) is 3.37. The summed E-state index contributed by atoms with van der Waals surface area (Å²) in [6.07, 6.45) is 2.80. The summed E-state index contributed by atoms with van der Waals surface area (Å²) in [5, 5.41) is 9.00. The van der Waals surface area contributed by atoms with Crippen molar-refractivity contribution in [3.8, 4) is 11.5 Å². The molecule has 0 saturated heterocycles. The molecule has 0 rings (SSSR count). The third kappa shape index (κ3) is 4.68. The average molecular weight is 224 g/mol. The lowest BCUT2D eigenvalue weighted by molar-refractivity contribution is 0.328. The monoisotopic (exact) mass is 224 g/mol. The van der Waals surface area contributed by atoms with Crippen LogP contribution in [-0.2, 0) is 0 Å². The minimum absolute atomic E-state index is 0.143. The predicted molar refractivity (Wildman–Crippen MR) is 70.4 cm³/mol. The van der Waals surface area contributed by atoms with Crippen LogP contribution in [0.4, 0.5) is 0 Å². The van der Waals surface area contributed by atoms with Crippen molar-refractivity contribution in [1.29, 1.82) is 0 Å². The van der Waals surface area contributed by atoms with Gasteiger partial charge in [0.05, 0.1) is 6.61 Å². The van der Waals surface area contributed by atoms with Crippen LogP contribution < -0.4 is 0 Å². The molecule has 0 amide bonds. The van der Waals surface area contributed by atoms with Crippen molar-refractivity contribution >= 4 is 8.07 Å². The SMILES string of the molecule is CC/C(=C\C#C[Si](CC)(CC)CC)CO. The highest BCUT2D eigenvalue weighted by Gasteiger charge is 2.23. The van der Waals surface area contributed by atoms with Gasteiger partial charge in [-0.1, -0.05) is 33.6 Å². The van der Waals surface area contributed by atoms with Gasteiger partial charge in [-0.3, -0.25) is 0 Å². The molecule has 0 spiro atoms. The van der Waals surface area contributed by atoms with E-state index >= 15 is 0 Å². The van der Waals surface area contributed by atoms with Gasteiger partial charge in [0.15, 0.2) is 0 Å². The zero-order valence-corrected chi connectivity index (χ0v) is 11.6. The van der Waals surface area contributed by atoms with E-state index in [1.54, 1.807) is 0 Å². The highest BCUT2D eigenvalue weighted by molar-refractivity contribution is 6.87. The summed E-state index contributed by atoms with van der Waals surface area (Å²) < 4.78 is 0. The minimum Gasteiger partial charge on any atom is -0.392 e. The molecule has 15 heavy (non-hydrogen) atoms. The number of rotatable bonds is 5. The van der Waals surface area contributed by atoms with Crippen molar-refractivity contribution in [1.82, 2.24) is 0 Å². The van der Waals surface area contributed by atoms with Gasteiger partial charge in [0.1, 0.15) is 8.07 Å². The Balaban J connectivity index is 4.67. The van der Waals surface area contributed by atoms with Crippen molar-refractivity contribution in [2.24, 2.45) is 0 Å². The molecule has 0 aromatic carbocycles. The van der Waals surface area contributed by atoms with E-state index in [9.17, 15) is 0 Å². The van der Waals surface area contributed by atoms with Crippen LogP contribution in [0.1, 0.15) is 34.1 Å². The highest BCUT2D eigenvalue weighted by Crippen LogP contribution is 2.18. The second-order valence-corrected chi connectivity index (χ2v) is 8.86. The molecule has 0 saturated carbocycles. The second-order valence-electron chi connectivity index (χ2n) is 3.92. The van der Waals surface area contributed by atoms with Gasteiger partial charge in [0.25, 0.3) is 0 Å². The molecule has 0 fully saturated rings. The van der Waals surface area contributed by atoms with Crippen molar-refractivity contribution in [2.45, 2.75) is 52.2 Å². The molecule has 0 unspecified atom stereocenters. The summed E-state index contributed by atoms with van der Waals surface area (Å²) in [6, 6.07) is 3.71. The Morgan fingerprint density at radius 3 is 2.00 bits per heavy atom. The summed E-state index contributed by atoms with van der Waals surface area (Å²) in [4.78, 5) is 0. The van der Waals surface area contributed by atoms with E-state index in [1.165, 1.54) is 18.1 Å². The lowest BCUT2D eigenvalue weighted by atomic mass is 10.2. The lowest BCUT2D eigenvalue weighted by Gasteiger charge is -2.19. The first-order chi connectivity index (χ1) is 7.17. The third-order valence-electron chi connectivity index (χ3n) is 3.30. The maximum Gasteiger partial charge on any atom is 0.138 e. The normalized spacial score (nSPS) is 12.2. The maximum atomic E-state index is 9.00. The Bertz CT molecular complexity index is 239. The molecule has 86 valence electrons. The zero-order chi connectivity index (χ0) is 11.7. The molecular weight excluding hydrogens is 200 g/mol. The molecule has 0 aromatic heterocycles. The molecule has 1 N–H and O–H groups in total. The molecule has 0 aromatic rings. The Kier molecular flexibility index (Phi) is 7.46. The zero-order valence-electron chi connectivity index (χ0n) is 10.6. The molecular formula is C13H24OSi. The number of hydrogen-bond acceptors (Lipinski definition) is 1. The summed E-state index contributed by atoms with van der Waals surface area (Å²) in [6.45, 7) is 8.96. The second kappa shape index (κ2) is 7.73. The van der Waals surface area contributed by atoms with Gasteiger partial charge in [-0.2, -0.15) is 0 Å². The molecule has 0 atom stereocenters. The number of aliphatic hydroxyl groups is 1. The number of hydrogen-bond donors (Lipinski definition) is 1. The van der Waals surface area contributed by atoms with Crippen LogP contribution in [0.3, 0.4) is 0 Å². The molecule has 0 bridgehead atoms. The fraction of sp³-hybridized carbons (Fsp3) is 0.692. The van der Waals surface area contributed by atoms with E-state index in [4.69, 9.17) is 5.11 Å². The summed E-state index contributed by atoms with van der Waals surface area (Å²) in [5.41, 5.74) is 4.52. The highest BCUT2D eigenvalue weighted by atomic mass is 28.3. The van der Waals surface area contributed by atoms with Crippen LogP contribution in [0.2, 0.25) is 18.1 Å². The van der Waals surface area contributed by atoms with Gasteiger partial charge in [0.2, 0.25) is 0 Å². The fourth-order valence-corrected chi connectivity index (χ4v) is 3.97. The Morgan fingerprint density at radius 1 is 1.13 bits per heavy atom. The van der Waals surface area contributed by atoms with E-state index in [0.717, 1.165) is 12.0 Å². The molecule has 1 nitrogen and oxygen atoms in total. The van der Waals surface area contributed by atoms with Crippen molar-refractivity contribution in [3.05, 3.63) is 11.6 Å². The van der Waals surface area contributed by atoms with E-state index in [0.29, 0.717) is 0 Å². The number of allylic oxidation sites excluding steroid dienone is 1. The maximum absolute atomic E-state index is 9.00. The van der Waals surface area contributed by atoms with Gasteiger partial charge in [-0.25, -0.2) is 0 Å². The molecule has 0 aliphatic carbocycles. The van der Waals surface area contributed by atoms with Gasteiger partial charge < -0.3 is 5.11 Å². The van der Waals surface area contributed by atoms with E-state index in [-0.39, 0.29) is 6.61 Å². The first-order valence-corrected chi connectivity index (χ1v) is 8.61. The van der Waals surface area contributed by atoms with Crippen LogP contribution in [0, 0.1) is 11.5 Å². The summed E-state index contributed by atoms with van der Waals surface area (Å²) in [7, 11) is -1.30. The van der Waals surface area contributed by atoms with Crippen LogP contribution in [-0.4, -0.2) is 19.8 Å². The first-order valence-electron chi connectivity index (χ1n) is 5.99. The van der Waals surface area contributed by atoms with Crippen LogP contribution in [0.25, 0.3) is 0 Å². The Hall–Kier alpha value is -0.523. The lowest BCUT2D eigenvalue weighted by Crippen LogP contribution is -2.29. The van der Waals surface area contributed by atoms with Crippen molar-refractivity contribution in [2.75, 3.05) is 6.61 Å². The van der Waals surface area contributed by atoms with E-state index < -0.39 is 8.07 Å². The summed E-state index contributed by atoms with van der Waals surface area (Å²) >= 11 is 0. The van der Waals surface area contributed by atoms with Crippen molar-refractivity contribution < 1.29 is 5.11 Å². The summed E-state index contributed by atoms with van der Waals surface area (Å²) in [5.74, 6) is 3.17. The van der Waals surface area contributed by atoms with Gasteiger partial charge in [-0.15, -0.1) is 5.54 Å². The molecule has 0 aliphatic heterocycles. The minimum atomic E-state index is -1.30. The standard InChI is InChI=1S/C13H24OSi/c1-5-13(12-14)10-9-11-15(6-2,7-3)8-4/h10,14H,5-8,12H2,1-4H3/b13-10+. The molecule has 2 heteroatoms. The smallest absolute Gasteiger partial charge is 0.138 e. The van der Waals surface area contributed by atoms with Crippen LogP contribution in [0.15, 0.2) is 11.6 Å². The average Bonchev–Trinajstić information content (AvgIpc) is 2.31. The van der Waals surface area contributed by atoms with Gasteiger partial charge in [-0.05, 0) is 36.2 Å². The van der Waals surface area contributed by atoms with E-state index in [1.807, 2.05) is 13.0 Å². The third-order valence-corrected chi connectivity index (χ3v) is 8.04. The number of aliphatic hydroxyl groups excluding tert-OH is 1. The van der Waals surface area contributed by atoms with E-state index in [2.05, 4.69) is 32.2 Å². The Morgan fingerprint density at radius 2 is 1.67 bits per heavy atom. The van der Waals surface area contributed by atoms with Gasteiger partial charge in [0, 0.05) is 0 Å². The molecule has 0 aliphatic rings. The van der Waals surface area contributed by atoms with Gasteiger partial charge >= 0.3 is 0 Å². The topological polar surface area (TPSA) is 20.2 Å².